The molecule has 21 heavy (non-hydrogen) atoms. The van der Waals surface area contributed by atoms with E-state index in [0.29, 0.717) is 11.3 Å². The van der Waals surface area contributed by atoms with Crippen molar-refractivity contribution in [3.63, 3.8) is 0 Å². The average molecular weight is 279 g/mol. The van der Waals surface area contributed by atoms with Crippen molar-refractivity contribution in [3.8, 4) is 5.69 Å². The molecule has 3 aromatic rings. The van der Waals surface area contributed by atoms with Crippen molar-refractivity contribution in [3.05, 3.63) is 78.1 Å². The Balaban J connectivity index is 1.64. The molecule has 0 saturated carbocycles. The van der Waals surface area contributed by atoms with Crippen molar-refractivity contribution in [2.75, 3.05) is 0 Å². The minimum atomic E-state index is -0.370. The lowest BCUT2D eigenvalue weighted by Crippen LogP contribution is -2.06. The molecule has 0 atom stereocenters. The smallest absolute Gasteiger partial charge is 0.338 e. The van der Waals surface area contributed by atoms with E-state index in [-0.39, 0.29) is 12.6 Å². The first-order chi connectivity index (χ1) is 10.3. The first-order valence-corrected chi connectivity index (χ1v) is 6.52. The Morgan fingerprint density at radius 3 is 2.38 bits per heavy atom. The van der Waals surface area contributed by atoms with E-state index in [4.69, 9.17) is 4.74 Å². The first-order valence-electron chi connectivity index (χ1n) is 6.52. The van der Waals surface area contributed by atoms with Crippen LogP contribution in [0.3, 0.4) is 0 Å². The Hall–Kier alpha value is -2.95. The minimum absolute atomic E-state index is 0.0978. The van der Waals surface area contributed by atoms with Crippen molar-refractivity contribution in [2.24, 2.45) is 0 Å². The number of hydrogen-bond acceptors (Lipinski definition) is 4. The third kappa shape index (κ3) is 3.14. The van der Waals surface area contributed by atoms with Crippen LogP contribution in [-0.4, -0.2) is 21.0 Å². The molecule has 0 spiro atoms. The van der Waals surface area contributed by atoms with E-state index in [1.807, 2.05) is 36.4 Å². The highest BCUT2D eigenvalue weighted by atomic mass is 16.5. The lowest BCUT2D eigenvalue weighted by atomic mass is 10.2. The summed E-state index contributed by atoms with van der Waals surface area (Å²) in [5.41, 5.74) is 1.98. The number of rotatable bonds is 4. The van der Waals surface area contributed by atoms with Crippen LogP contribution in [0.2, 0.25) is 0 Å². The Labute approximate surface area is 121 Å². The fourth-order valence-electron chi connectivity index (χ4n) is 1.84. The van der Waals surface area contributed by atoms with Gasteiger partial charge in [0.1, 0.15) is 12.3 Å². The molecule has 0 saturated heterocycles. The van der Waals surface area contributed by atoms with Crippen LogP contribution in [0.1, 0.15) is 16.1 Å². The summed E-state index contributed by atoms with van der Waals surface area (Å²) in [6, 6.07) is 18.4. The van der Waals surface area contributed by atoms with E-state index in [9.17, 15) is 4.79 Å². The predicted octanol–water partition coefficient (Wildman–Crippen LogP) is 2.62. The number of hydrogen-bond donors (Lipinski definition) is 0. The summed E-state index contributed by atoms with van der Waals surface area (Å²) in [4.78, 5) is 13.3. The lowest BCUT2D eigenvalue weighted by Gasteiger charge is -2.02. The molecule has 0 bridgehead atoms. The second-order valence-corrected chi connectivity index (χ2v) is 4.40. The van der Waals surface area contributed by atoms with Gasteiger partial charge in [-0.3, -0.25) is 0 Å². The van der Waals surface area contributed by atoms with E-state index in [1.54, 1.807) is 30.5 Å². The maximum Gasteiger partial charge on any atom is 0.338 e. The van der Waals surface area contributed by atoms with Gasteiger partial charge in [0.05, 0.1) is 17.4 Å². The number of ether oxygens (including phenoxy) is 1. The molecule has 1 aromatic heterocycles. The molecular weight excluding hydrogens is 266 g/mol. The number of aromatic nitrogens is 3. The number of nitrogens with zero attached hydrogens (tertiary/aromatic N) is 3. The first kappa shape index (κ1) is 13.1. The molecule has 0 radical (unpaired) electrons. The highest BCUT2D eigenvalue weighted by Crippen LogP contribution is 2.07. The molecular formula is C16H13N3O2. The summed E-state index contributed by atoms with van der Waals surface area (Å²) in [5.74, 6) is -0.370. The fourth-order valence-corrected chi connectivity index (χ4v) is 1.84. The van der Waals surface area contributed by atoms with Gasteiger partial charge in [-0.2, -0.15) is 9.90 Å². The number of benzene rings is 2. The highest BCUT2D eigenvalue weighted by Gasteiger charge is 2.08. The zero-order chi connectivity index (χ0) is 14.5. The molecule has 0 aliphatic heterocycles. The Morgan fingerprint density at radius 1 is 1.00 bits per heavy atom. The average Bonchev–Trinajstić information content (AvgIpc) is 3.03. The van der Waals surface area contributed by atoms with E-state index in [2.05, 4.69) is 10.2 Å². The molecule has 0 aliphatic carbocycles. The summed E-state index contributed by atoms with van der Waals surface area (Å²) in [6.45, 7) is 0.0978. The van der Waals surface area contributed by atoms with Crippen molar-refractivity contribution < 1.29 is 9.53 Å². The molecule has 2 aromatic carbocycles. The maximum atomic E-state index is 11.8. The third-order valence-corrected chi connectivity index (χ3v) is 2.89. The van der Waals surface area contributed by atoms with Gasteiger partial charge in [-0.05, 0) is 24.3 Å². The maximum absolute atomic E-state index is 11.8. The van der Waals surface area contributed by atoms with Gasteiger partial charge in [-0.1, -0.05) is 36.4 Å². The van der Waals surface area contributed by atoms with E-state index in [0.717, 1.165) is 5.69 Å². The van der Waals surface area contributed by atoms with Gasteiger partial charge in [0.2, 0.25) is 0 Å². The summed E-state index contributed by atoms with van der Waals surface area (Å²) >= 11 is 0. The lowest BCUT2D eigenvalue weighted by molar-refractivity contribution is 0.0467. The molecule has 104 valence electrons. The van der Waals surface area contributed by atoms with Gasteiger partial charge in [0.15, 0.2) is 0 Å². The predicted molar refractivity (Wildman–Crippen MR) is 76.9 cm³/mol. The van der Waals surface area contributed by atoms with Gasteiger partial charge in [0.25, 0.3) is 0 Å². The second-order valence-electron chi connectivity index (χ2n) is 4.40. The largest absolute Gasteiger partial charge is 0.455 e. The molecule has 0 unspecified atom stereocenters. The van der Waals surface area contributed by atoms with Crippen LogP contribution >= 0.6 is 0 Å². The monoisotopic (exact) mass is 279 g/mol. The molecule has 3 rings (SSSR count). The highest BCUT2D eigenvalue weighted by molar-refractivity contribution is 5.89. The van der Waals surface area contributed by atoms with Crippen LogP contribution in [0.5, 0.6) is 0 Å². The van der Waals surface area contributed by atoms with Crippen molar-refractivity contribution in [1.29, 1.82) is 0 Å². The number of esters is 1. The van der Waals surface area contributed by atoms with E-state index in [1.165, 1.54) is 4.80 Å². The summed E-state index contributed by atoms with van der Waals surface area (Å²) in [6.07, 6.45) is 1.59. The van der Waals surface area contributed by atoms with Crippen molar-refractivity contribution in [1.82, 2.24) is 15.0 Å². The molecule has 5 heteroatoms. The molecule has 5 nitrogen and oxygen atoms in total. The number of carbonyl (C=O) groups excluding carboxylic acids is 1. The Morgan fingerprint density at radius 2 is 1.67 bits per heavy atom. The van der Waals surface area contributed by atoms with Crippen molar-refractivity contribution >= 4 is 5.97 Å². The zero-order valence-electron chi connectivity index (χ0n) is 11.2. The topological polar surface area (TPSA) is 57.0 Å². The molecule has 0 N–H and O–H groups in total. The number of carbonyl (C=O) groups is 1. The minimum Gasteiger partial charge on any atom is -0.455 e. The molecule has 1 heterocycles. The van der Waals surface area contributed by atoms with Gasteiger partial charge in [0, 0.05) is 0 Å². The van der Waals surface area contributed by atoms with Crippen LogP contribution in [0.15, 0.2) is 66.9 Å². The van der Waals surface area contributed by atoms with Crippen LogP contribution < -0.4 is 0 Å². The van der Waals surface area contributed by atoms with Crippen LogP contribution in [0, 0.1) is 0 Å². The summed E-state index contributed by atoms with van der Waals surface area (Å²) in [5, 5.41) is 8.43. The summed E-state index contributed by atoms with van der Waals surface area (Å²) in [7, 11) is 0. The fraction of sp³-hybridized carbons (Fsp3) is 0.0625. The van der Waals surface area contributed by atoms with Crippen LogP contribution in [0.4, 0.5) is 0 Å². The number of para-hydroxylation sites is 1. The van der Waals surface area contributed by atoms with Gasteiger partial charge in [-0.25, -0.2) is 4.79 Å². The van der Waals surface area contributed by atoms with Crippen LogP contribution in [0.25, 0.3) is 5.69 Å². The van der Waals surface area contributed by atoms with E-state index >= 15 is 0 Å². The van der Waals surface area contributed by atoms with E-state index < -0.39 is 0 Å². The van der Waals surface area contributed by atoms with Crippen molar-refractivity contribution in [2.45, 2.75) is 6.61 Å². The van der Waals surface area contributed by atoms with Gasteiger partial charge < -0.3 is 4.74 Å². The normalized spacial score (nSPS) is 10.3. The van der Waals surface area contributed by atoms with Gasteiger partial charge >= 0.3 is 5.97 Å². The zero-order valence-corrected chi connectivity index (χ0v) is 11.2. The van der Waals surface area contributed by atoms with Gasteiger partial charge in [-0.15, -0.1) is 5.10 Å². The SMILES string of the molecule is O=C(OCc1cnn(-c2ccccc2)n1)c1ccccc1. The molecule has 0 fully saturated rings. The van der Waals surface area contributed by atoms with Crippen LogP contribution in [-0.2, 0) is 11.3 Å². The Kier molecular flexibility index (Phi) is 3.73. The second kappa shape index (κ2) is 6.00. The third-order valence-electron chi connectivity index (χ3n) is 2.89. The Bertz CT molecular complexity index is 724. The molecule has 0 aliphatic rings. The quantitative estimate of drug-likeness (QED) is 0.689. The summed E-state index contributed by atoms with van der Waals surface area (Å²) < 4.78 is 5.21. The molecule has 0 amide bonds. The standard InChI is InChI=1S/C16H13N3O2/c20-16(13-7-3-1-4-8-13)21-12-14-11-17-19(18-14)15-9-5-2-6-10-15/h1-11H,12H2.